The van der Waals surface area contributed by atoms with E-state index in [1.807, 2.05) is 0 Å². The van der Waals surface area contributed by atoms with Crippen LogP contribution in [-0.4, -0.2) is 25.7 Å². The third kappa shape index (κ3) is 3.32. The van der Waals surface area contributed by atoms with Crippen molar-refractivity contribution in [2.24, 2.45) is 0 Å². The van der Waals surface area contributed by atoms with Crippen molar-refractivity contribution in [3.05, 3.63) is 24.8 Å². The number of nitrogens with one attached hydrogen (secondary N) is 2. The molecule has 0 radical (unpaired) electrons. The molecule has 0 aliphatic carbocycles. The Balaban J connectivity index is 2.09. The van der Waals surface area contributed by atoms with E-state index in [9.17, 15) is 0 Å². The molecule has 0 aromatic carbocycles. The first-order valence-corrected chi connectivity index (χ1v) is 3.79. The number of hydrogen-bond donors (Lipinski definition) is 2. The molecule has 0 spiro atoms. The number of hydrogen-bond acceptors (Lipinski definition) is 3. The smallest absolute Gasteiger partial charge is 0.0861 e. The van der Waals surface area contributed by atoms with Crippen molar-refractivity contribution in [3.63, 3.8) is 0 Å². The second kappa shape index (κ2) is 5.07. The molecule has 1 aliphatic heterocycles. The van der Waals surface area contributed by atoms with E-state index in [2.05, 4.69) is 29.5 Å². The monoisotopic (exact) mass is 154 g/mol. The van der Waals surface area contributed by atoms with Gasteiger partial charge < -0.3 is 5.32 Å². The highest BCUT2D eigenvalue weighted by molar-refractivity contribution is 4.98. The number of rotatable bonds is 4. The van der Waals surface area contributed by atoms with Gasteiger partial charge in [0.1, 0.15) is 0 Å². The molecule has 0 saturated heterocycles. The maximum Gasteiger partial charge on any atom is 0.0861 e. The molecule has 0 amide bonds. The summed E-state index contributed by atoms with van der Waals surface area (Å²) in [5, 5.41) is 3.21. The fourth-order valence-corrected chi connectivity index (χ4v) is 0.918. The maximum absolute atomic E-state index is 5.06. The van der Waals surface area contributed by atoms with E-state index in [1.54, 1.807) is 6.08 Å². The highest BCUT2D eigenvalue weighted by Crippen LogP contribution is 1.90. The van der Waals surface area contributed by atoms with E-state index in [-0.39, 0.29) is 0 Å². The highest BCUT2D eigenvalue weighted by atomic mass is 16.6. The molecule has 1 atom stereocenters. The van der Waals surface area contributed by atoms with Gasteiger partial charge in [-0.1, -0.05) is 18.2 Å². The average molecular weight is 154 g/mol. The molecular formula is C8H14N2O. The predicted molar refractivity (Wildman–Crippen MR) is 45.1 cm³/mol. The fourth-order valence-electron chi connectivity index (χ4n) is 0.918. The van der Waals surface area contributed by atoms with Crippen LogP contribution in [-0.2, 0) is 4.84 Å². The average Bonchev–Trinajstić information content (AvgIpc) is 2.07. The van der Waals surface area contributed by atoms with Crippen molar-refractivity contribution in [1.29, 1.82) is 0 Å². The van der Waals surface area contributed by atoms with Crippen LogP contribution < -0.4 is 10.8 Å². The lowest BCUT2D eigenvalue weighted by atomic mass is 10.2. The van der Waals surface area contributed by atoms with Crippen molar-refractivity contribution < 1.29 is 4.84 Å². The molecule has 3 nitrogen and oxygen atoms in total. The molecule has 1 rings (SSSR count). The van der Waals surface area contributed by atoms with Crippen LogP contribution in [0.1, 0.15) is 0 Å². The molecular weight excluding hydrogens is 140 g/mol. The molecule has 0 bridgehead atoms. The second-order valence-electron chi connectivity index (χ2n) is 2.41. The SMILES string of the molecule is C=CCONC1C=CCNC1. The topological polar surface area (TPSA) is 33.3 Å². The molecule has 62 valence electrons. The minimum atomic E-state index is 0.295. The molecule has 2 N–H and O–H groups in total. The standard InChI is InChI=1S/C8H14N2O/c1-2-6-11-10-8-4-3-5-9-7-8/h2-4,8-10H,1,5-7H2. The molecule has 11 heavy (non-hydrogen) atoms. The largest absolute Gasteiger partial charge is 0.311 e. The van der Waals surface area contributed by atoms with Crippen LogP contribution in [0.15, 0.2) is 24.8 Å². The minimum absolute atomic E-state index is 0.295. The van der Waals surface area contributed by atoms with Crippen LogP contribution in [0, 0.1) is 0 Å². The van der Waals surface area contributed by atoms with Gasteiger partial charge in [0.25, 0.3) is 0 Å². The van der Waals surface area contributed by atoms with Crippen LogP contribution in [0.2, 0.25) is 0 Å². The Morgan fingerprint density at radius 1 is 1.82 bits per heavy atom. The quantitative estimate of drug-likeness (QED) is 0.345. The third-order valence-corrected chi connectivity index (χ3v) is 1.43. The Morgan fingerprint density at radius 2 is 2.73 bits per heavy atom. The van der Waals surface area contributed by atoms with Crippen molar-refractivity contribution in [1.82, 2.24) is 10.8 Å². The van der Waals surface area contributed by atoms with E-state index in [0.717, 1.165) is 13.1 Å². The molecule has 1 aliphatic rings. The summed E-state index contributed by atoms with van der Waals surface area (Å²) in [4.78, 5) is 5.06. The molecule has 1 unspecified atom stereocenters. The van der Waals surface area contributed by atoms with Crippen LogP contribution in [0.5, 0.6) is 0 Å². The van der Waals surface area contributed by atoms with Gasteiger partial charge in [0.15, 0.2) is 0 Å². The lowest BCUT2D eigenvalue weighted by molar-refractivity contribution is 0.0457. The second-order valence-corrected chi connectivity index (χ2v) is 2.41. The molecule has 0 aromatic rings. The van der Waals surface area contributed by atoms with Gasteiger partial charge in [-0.2, -0.15) is 5.48 Å². The van der Waals surface area contributed by atoms with Crippen LogP contribution in [0.4, 0.5) is 0 Å². The van der Waals surface area contributed by atoms with Gasteiger partial charge in [-0.15, -0.1) is 6.58 Å². The Bertz CT molecular complexity index is 145. The fraction of sp³-hybridized carbons (Fsp3) is 0.500. The summed E-state index contributed by atoms with van der Waals surface area (Å²) < 4.78 is 0. The molecule has 0 fully saturated rings. The first-order valence-electron chi connectivity index (χ1n) is 3.79. The van der Waals surface area contributed by atoms with Crippen molar-refractivity contribution in [2.75, 3.05) is 19.7 Å². The molecule has 3 heteroatoms. The van der Waals surface area contributed by atoms with Gasteiger partial charge in [0, 0.05) is 13.1 Å². The van der Waals surface area contributed by atoms with E-state index in [4.69, 9.17) is 4.84 Å². The van der Waals surface area contributed by atoms with Gasteiger partial charge in [0.05, 0.1) is 12.6 Å². The first kappa shape index (κ1) is 8.46. The summed E-state index contributed by atoms with van der Waals surface area (Å²) >= 11 is 0. The Hall–Kier alpha value is -0.640. The van der Waals surface area contributed by atoms with Gasteiger partial charge in [-0.05, 0) is 0 Å². The first-order chi connectivity index (χ1) is 5.43. The molecule has 0 aromatic heterocycles. The van der Waals surface area contributed by atoms with E-state index in [0.29, 0.717) is 12.6 Å². The Morgan fingerprint density at radius 3 is 3.36 bits per heavy atom. The van der Waals surface area contributed by atoms with Gasteiger partial charge in [0.2, 0.25) is 0 Å². The summed E-state index contributed by atoms with van der Waals surface area (Å²) in [7, 11) is 0. The maximum atomic E-state index is 5.06. The normalized spacial score (nSPS) is 23.5. The van der Waals surface area contributed by atoms with E-state index < -0.39 is 0 Å². The summed E-state index contributed by atoms with van der Waals surface area (Å²) in [6.45, 7) is 5.97. The van der Waals surface area contributed by atoms with Crippen LogP contribution >= 0.6 is 0 Å². The van der Waals surface area contributed by atoms with Crippen molar-refractivity contribution in [3.8, 4) is 0 Å². The summed E-state index contributed by atoms with van der Waals surface area (Å²) in [6, 6.07) is 0.295. The minimum Gasteiger partial charge on any atom is -0.311 e. The van der Waals surface area contributed by atoms with Gasteiger partial charge in [-0.3, -0.25) is 4.84 Å². The number of hydroxylamine groups is 1. The van der Waals surface area contributed by atoms with E-state index in [1.165, 1.54) is 0 Å². The van der Waals surface area contributed by atoms with E-state index >= 15 is 0 Å². The van der Waals surface area contributed by atoms with Crippen molar-refractivity contribution >= 4 is 0 Å². The zero-order chi connectivity index (χ0) is 7.94. The van der Waals surface area contributed by atoms with Crippen molar-refractivity contribution in [2.45, 2.75) is 6.04 Å². The Labute approximate surface area is 67.1 Å². The summed E-state index contributed by atoms with van der Waals surface area (Å²) in [5.74, 6) is 0. The molecule has 0 saturated carbocycles. The molecule has 1 heterocycles. The van der Waals surface area contributed by atoms with Crippen LogP contribution in [0.25, 0.3) is 0 Å². The zero-order valence-electron chi connectivity index (χ0n) is 6.55. The van der Waals surface area contributed by atoms with Gasteiger partial charge >= 0.3 is 0 Å². The predicted octanol–water partition coefficient (Wildman–Crippen LogP) is 0.222. The summed E-state index contributed by atoms with van der Waals surface area (Å²) in [5.41, 5.74) is 2.90. The summed E-state index contributed by atoms with van der Waals surface area (Å²) in [6.07, 6.45) is 5.89. The van der Waals surface area contributed by atoms with Gasteiger partial charge in [-0.25, -0.2) is 0 Å². The lowest BCUT2D eigenvalue weighted by Gasteiger charge is -2.17. The Kier molecular flexibility index (Phi) is 3.90. The zero-order valence-corrected chi connectivity index (χ0v) is 6.55. The lowest BCUT2D eigenvalue weighted by Crippen LogP contribution is -2.40. The highest BCUT2D eigenvalue weighted by Gasteiger charge is 2.05. The van der Waals surface area contributed by atoms with Crippen LogP contribution in [0.3, 0.4) is 0 Å². The third-order valence-electron chi connectivity index (χ3n) is 1.43.